The van der Waals surface area contributed by atoms with E-state index in [1.54, 1.807) is 31.4 Å². The molecule has 1 saturated carbocycles. The lowest BCUT2D eigenvalue weighted by Gasteiger charge is -2.35. The first-order valence-corrected chi connectivity index (χ1v) is 25.4. The van der Waals surface area contributed by atoms with Gasteiger partial charge in [0.1, 0.15) is 40.9 Å². The number of pyridine rings is 1. The van der Waals surface area contributed by atoms with Crippen molar-refractivity contribution in [1.82, 2.24) is 35.1 Å². The number of aromatic nitrogens is 2. The van der Waals surface area contributed by atoms with Crippen molar-refractivity contribution in [2.75, 3.05) is 32.1 Å². The normalized spacial score (nSPS) is 26.2. The largest absolute Gasteiger partial charge is 0.497 e. The van der Waals surface area contributed by atoms with Crippen molar-refractivity contribution in [2.24, 2.45) is 11.3 Å². The molecule has 3 aromatic rings. The number of amides is 4. The summed E-state index contributed by atoms with van der Waals surface area (Å²) in [6.45, 7) is 10.1. The van der Waals surface area contributed by atoms with Crippen molar-refractivity contribution in [2.45, 2.75) is 135 Å². The lowest BCUT2D eigenvalue weighted by atomic mass is 9.86. The number of carbonyl (C=O) groups is 4. The molecule has 5 heterocycles. The Hall–Kier alpha value is -5.27. The van der Waals surface area contributed by atoms with E-state index >= 15 is 4.79 Å². The van der Waals surface area contributed by atoms with Crippen LogP contribution in [0.3, 0.4) is 0 Å². The Kier molecular flexibility index (Phi) is 13.4. The van der Waals surface area contributed by atoms with E-state index in [-0.39, 0.29) is 44.4 Å². The number of rotatable bonds is 11. The van der Waals surface area contributed by atoms with E-state index in [4.69, 9.17) is 19.4 Å². The second-order valence-electron chi connectivity index (χ2n) is 19.7. The molecule has 5 N–H and O–H groups in total. The molecule has 0 bridgehead atoms. The van der Waals surface area contributed by atoms with Gasteiger partial charge in [-0.15, -0.1) is 11.3 Å². The van der Waals surface area contributed by atoms with Crippen LogP contribution in [0.1, 0.15) is 98.8 Å². The maximum Gasteiger partial charge on any atom is 0.329 e. The quantitative estimate of drug-likeness (QED) is 0.146. The van der Waals surface area contributed by atoms with Gasteiger partial charge in [0.05, 0.1) is 29.8 Å². The van der Waals surface area contributed by atoms with Gasteiger partial charge in [-0.1, -0.05) is 59.0 Å². The first-order chi connectivity index (χ1) is 31.4. The van der Waals surface area contributed by atoms with Crippen molar-refractivity contribution in [3.63, 3.8) is 0 Å². The fourth-order valence-corrected chi connectivity index (χ4v) is 12.2. The Morgan fingerprint density at radius 3 is 2.53 bits per heavy atom. The molecule has 6 atom stereocenters. The Bertz CT molecular complexity index is 2550. The number of carbonyl (C=O) groups excluding carboxylic acids is 3. The van der Waals surface area contributed by atoms with E-state index in [9.17, 15) is 27.9 Å². The number of benzene rings is 1. The average Bonchev–Trinajstić information content (AvgIpc) is 3.73. The van der Waals surface area contributed by atoms with Crippen LogP contribution in [0.25, 0.3) is 22.3 Å². The molecule has 0 spiro atoms. The van der Waals surface area contributed by atoms with E-state index in [1.807, 2.05) is 52.1 Å². The smallest absolute Gasteiger partial charge is 0.329 e. The molecule has 0 radical (unpaired) electrons. The molecule has 2 saturated heterocycles. The van der Waals surface area contributed by atoms with Gasteiger partial charge >= 0.3 is 12.0 Å². The van der Waals surface area contributed by atoms with Gasteiger partial charge in [-0.25, -0.2) is 28.0 Å². The summed E-state index contributed by atoms with van der Waals surface area (Å²) in [5.41, 5.74) is 0.597. The predicted molar refractivity (Wildman–Crippen MR) is 252 cm³/mol. The summed E-state index contributed by atoms with van der Waals surface area (Å²) in [6.07, 6.45) is 8.58. The summed E-state index contributed by atoms with van der Waals surface area (Å²) in [4.78, 5) is 67.8. The second-order valence-corrected chi connectivity index (χ2v) is 22.4. The number of nitrogens with one attached hydrogen (secondary N) is 4. The molecule has 66 heavy (non-hydrogen) atoms. The third-order valence-electron chi connectivity index (χ3n) is 13.5. The van der Waals surface area contributed by atoms with Crippen LogP contribution in [0, 0.1) is 11.3 Å². The van der Waals surface area contributed by atoms with Crippen LogP contribution < -0.4 is 30.7 Å². The number of anilines is 1. The fourth-order valence-electron chi connectivity index (χ4n) is 9.60. The monoisotopic (exact) mass is 946 g/mol. The van der Waals surface area contributed by atoms with E-state index in [1.165, 1.54) is 20.5 Å². The van der Waals surface area contributed by atoms with Crippen LogP contribution in [0.2, 0.25) is 0 Å². The third kappa shape index (κ3) is 9.88. The third-order valence-corrected chi connectivity index (χ3v) is 16.2. The molecular formula is C47H62N8O9S2. The van der Waals surface area contributed by atoms with Gasteiger partial charge in [0, 0.05) is 54.5 Å². The van der Waals surface area contributed by atoms with Crippen LogP contribution in [0.5, 0.6) is 11.5 Å². The number of carboxylic acid groups (broad SMARTS) is 1. The van der Waals surface area contributed by atoms with Crippen LogP contribution in [-0.2, 0) is 24.4 Å². The lowest BCUT2D eigenvalue weighted by Crippen LogP contribution is -2.59. The highest BCUT2D eigenvalue weighted by molar-refractivity contribution is 7.93. The number of hydrogen-bond acceptors (Lipinski definition) is 12. The van der Waals surface area contributed by atoms with Gasteiger partial charge in [0.25, 0.3) is 0 Å². The molecule has 2 aliphatic carbocycles. The van der Waals surface area contributed by atoms with E-state index in [0.29, 0.717) is 64.4 Å². The number of urea groups is 1. The van der Waals surface area contributed by atoms with Gasteiger partial charge in [-0.3, -0.25) is 9.59 Å². The molecule has 8 rings (SSSR count). The number of nitrogens with zero attached hydrogens (tertiary/aromatic N) is 4. The number of thiazole rings is 1. The number of methoxy groups -OCH3 is 1. The minimum Gasteiger partial charge on any atom is -0.497 e. The second kappa shape index (κ2) is 18.8. The molecule has 17 nitrogen and oxygen atoms in total. The molecular weight excluding hydrogens is 885 g/mol. The molecule has 3 fully saturated rings. The topological polar surface area (TPSA) is 221 Å². The van der Waals surface area contributed by atoms with Crippen molar-refractivity contribution < 1.29 is 42.2 Å². The average molecular weight is 947 g/mol. The number of fused-ring (bicyclic) bond motifs is 3. The fraction of sp³-hybridized carbons (Fsp3) is 0.574. The summed E-state index contributed by atoms with van der Waals surface area (Å²) in [5.74, 6) is -1.37. The zero-order valence-electron chi connectivity index (χ0n) is 38.5. The van der Waals surface area contributed by atoms with E-state index in [2.05, 4.69) is 21.3 Å². The molecule has 2 unspecified atom stereocenters. The Morgan fingerprint density at radius 1 is 1.06 bits per heavy atom. The summed E-state index contributed by atoms with van der Waals surface area (Å²) >= 11 is 1.45. The van der Waals surface area contributed by atoms with Crippen molar-refractivity contribution in [3.8, 4) is 22.9 Å². The van der Waals surface area contributed by atoms with Crippen LogP contribution in [0.4, 0.5) is 9.93 Å². The van der Waals surface area contributed by atoms with E-state index in [0.717, 1.165) is 36.4 Å². The molecule has 3 aliphatic heterocycles. The van der Waals surface area contributed by atoms with Gasteiger partial charge in [-0.05, 0) is 74.6 Å². The molecule has 2 aromatic heterocycles. The molecule has 5 aliphatic rings. The molecule has 4 amide bonds. The highest BCUT2D eigenvalue weighted by Gasteiger charge is 2.62. The standard InChI is InChI=1S/C47H62N8O9S2/c1-27(2)48-45-51-36(26-65-45)35-21-38(32-18-17-30(63-6)19-34(32)49-35)64-31-20-37-41(56)53-47(43(58)59)22-29(47)14-10-8-7-9-11-15-33(42(57)55(37)24-31)50-44(60)52-40(46(3,4)5)25-54-23-28-13-12-16-39(28)66(54,61)62/h12,16-19,21,26-27,29,31,33,37,40H,7-11,13-15,20,22-25H2,1-6H3,(H,48,51)(H,53,56)(H,58,59)(H2,50,52,60)/t29?,31-,33+,37+,40?,47-/m1/s1. The number of hydrogen-bond donors (Lipinski definition) is 5. The summed E-state index contributed by atoms with van der Waals surface area (Å²) in [5, 5.41) is 25.9. The van der Waals surface area contributed by atoms with Gasteiger partial charge in [0.15, 0.2) is 5.13 Å². The van der Waals surface area contributed by atoms with E-state index < -0.39 is 69.0 Å². The van der Waals surface area contributed by atoms with Crippen molar-refractivity contribution in [3.05, 3.63) is 52.3 Å². The van der Waals surface area contributed by atoms with Gasteiger partial charge in [0.2, 0.25) is 21.8 Å². The first kappa shape index (κ1) is 47.2. The highest BCUT2D eigenvalue weighted by Crippen LogP contribution is 2.48. The first-order valence-electron chi connectivity index (χ1n) is 23.1. The predicted octanol–water partition coefficient (Wildman–Crippen LogP) is 6.18. The highest BCUT2D eigenvalue weighted by atomic mass is 32.2. The maximum absolute atomic E-state index is 15.0. The number of sulfonamides is 1. The number of allylic oxidation sites excluding steroid dienone is 2. The summed E-state index contributed by atoms with van der Waals surface area (Å²) < 4.78 is 40.6. The van der Waals surface area contributed by atoms with Crippen LogP contribution in [0.15, 0.2) is 52.3 Å². The Morgan fingerprint density at radius 2 is 1.82 bits per heavy atom. The Labute approximate surface area is 390 Å². The van der Waals surface area contributed by atoms with Gasteiger partial charge < -0.3 is 40.7 Å². The zero-order valence-corrected chi connectivity index (χ0v) is 40.1. The molecule has 1 aromatic carbocycles. The number of aliphatic carboxylic acids is 1. The minimum atomic E-state index is -3.72. The van der Waals surface area contributed by atoms with Crippen molar-refractivity contribution in [1.29, 1.82) is 0 Å². The molecule has 19 heteroatoms. The number of carboxylic acids is 1. The SMILES string of the molecule is COc1ccc2c(O[C@@H]3C[C@H]4C(=O)N[C@]5(C(=O)O)CC5CCCCCCC[C@H](NC(=O)NC(CN5CC6=C(C=CC6)S5(=O)=O)C(C)(C)C)C(=O)N4C3)cc(-c3csc(NC(C)C)n3)nc2c1. The summed E-state index contributed by atoms with van der Waals surface area (Å²) in [6, 6.07) is 3.97. The van der Waals surface area contributed by atoms with Gasteiger partial charge in [-0.2, -0.15) is 4.31 Å². The van der Waals surface area contributed by atoms with Crippen LogP contribution in [-0.4, -0.2) is 119 Å². The minimum absolute atomic E-state index is 0.0295. The maximum atomic E-state index is 15.0. The Balaban J connectivity index is 1.08. The lowest BCUT2D eigenvalue weighted by molar-refractivity contribution is -0.145. The van der Waals surface area contributed by atoms with Crippen molar-refractivity contribution >= 4 is 61.2 Å². The summed E-state index contributed by atoms with van der Waals surface area (Å²) in [7, 11) is -2.15. The van der Waals surface area contributed by atoms with Crippen LogP contribution >= 0.6 is 11.3 Å². The molecule has 356 valence electrons. The zero-order chi connectivity index (χ0) is 47.1. The number of ether oxygens (including phenoxy) is 2.